The first-order valence-corrected chi connectivity index (χ1v) is 8.66. The van der Waals surface area contributed by atoms with Crippen LogP contribution in [0.3, 0.4) is 0 Å². The molecule has 0 aliphatic carbocycles. The molecule has 1 aliphatic heterocycles. The Hall–Kier alpha value is -1.07. The fourth-order valence-corrected chi connectivity index (χ4v) is 3.54. The molecule has 124 valence electrons. The number of anilines is 1. The normalized spacial score (nSPS) is 16.5. The number of pyridine rings is 1. The predicted octanol–water partition coefficient (Wildman–Crippen LogP) is 3.43. The quantitative estimate of drug-likeness (QED) is 0.913. The summed E-state index contributed by atoms with van der Waals surface area (Å²) in [6.45, 7) is 2.85. The monoisotopic (exact) mass is 353 g/mol. The van der Waals surface area contributed by atoms with Gasteiger partial charge in [0, 0.05) is 31.1 Å². The van der Waals surface area contributed by atoms with Crippen molar-refractivity contribution in [1.29, 1.82) is 0 Å². The zero-order chi connectivity index (χ0) is 16.4. The number of nitrogens with zero attached hydrogens (tertiary/aromatic N) is 3. The van der Waals surface area contributed by atoms with Gasteiger partial charge in [-0.25, -0.2) is 4.98 Å². The molecule has 1 aliphatic rings. The van der Waals surface area contributed by atoms with Crippen molar-refractivity contribution in [2.24, 2.45) is 0 Å². The molecule has 0 amide bonds. The molecule has 0 bridgehead atoms. The highest BCUT2D eigenvalue weighted by Crippen LogP contribution is 2.31. The summed E-state index contributed by atoms with van der Waals surface area (Å²) < 4.78 is 0. The highest BCUT2D eigenvalue weighted by atomic mass is 35.5. The number of likely N-dealkylation sites (N-methyl/N-ethyl adjacent to an activating group) is 1. The van der Waals surface area contributed by atoms with Gasteiger partial charge in [-0.15, -0.1) is 0 Å². The van der Waals surface area contributed by atoms with Crippen molar-refractivity contribution in [2.75, 3.05) is 38.2 Å². The van der Waals surface area contributed by atoms with Crippen molar-refractivity contribution in [2.45, 2.75) is 18.9 Å². The van der Waals surface area contributed by atoms with Crippen LogP contribution < -0.4 is 4.90 Å². The van der Waals surface area contributed by atoms with Gasteiger partial charge in [0.25, 0.3) is 0 Å². The minimum absolute atomic E-state index is 0.211. The lowest BCUT2D eigenvalue weighted by Crippen LogP contribution is -2.44. The fraction of sp³-hybridized carbons (Fsp3) is 0.471. The topological polar surface area (TPSA) is 39.6 Å². The van der Waals surface area contributed by atoms with E-state index in [0.717, 1.165) is 49.2 Å². The van der Waals surface area contributed by atoms with Crippen LogP contribution in [0.5, 0.6) is 0 Å². The maximum absolute atomic E-state index is 9.06. The van der Waals surface area contributed by atoms with Gasteiger partial charge in [-0.1, -0.05) is 29.3 Å². The van der Waals surface area contributed by atoms with Crippen molar-refractivity contribution in [3.63, 3.8) is 0 Å². The van der Waals surface area contributed by atoms with E-state index in [2.05, 4.69) is 16.8 Å². The third kappa shape index (κ3) is 3.56. The minimum Gasteiger partial charge on any atom is -0.395 e. The van der Waals surface area contributed by atoms with E-state index in [1.54, 1.807) is 6.07 Å². The summed E-state index contributed by atoms with van der Waals surface area (Å²) in [7, 11) is 2.08. The van der Waals surface area contributed by atoms with Gasteiger partial charge >= 0.3 is 0 Å². The highest BCUT2D eigenvalue weighted by Gasteiger charge is 2.23. The Bertz CT molecular complexity index is 687. The van der Waals surface area contributed by atoms with Crippen molar-refractivity contribution in [3.05, 3.63) is 34.3 Å². The van der Waals surface area contributed by atoms with E-state index >= 15 is 0 Å². The van der Waals surface area contributed by atoms with Crippen LogP contribution in [0.15, 0.2) is 24.3 Å². The average molecular weight is 354 g/mol. The van der Waals surface area contributed by atoms with Crippen LogP contribution in [0.4, 0.5) is 5.82 Å². The van der Waals surface area contributed by atoms with E-state index in [-0.39, 0.29) is 6.61 Å². The predicted molar refractivity (Wildman–Crippen MR) is 96.7 cm³/mol. The number of benzene rings is 1. The summed E-state index contributed by atoms with van der Waals surface area (Å²) in [6.07, 6.45) is 2.14. The average Bonchev–Trinajstić information content (AvgIpc) is 2.58. The van der Waals surface area contributed by atoms with Crippen LogP contribution in [0, 0.1) is 0 Å². The molecule has 1 aromatic carbocycles. The summed E-state index contributed by atoms with van der Waals surface area (Å²) in [5, 5.41) is 11.1. The van der Waals surface area contributed by atoms with Gasteiger partial charge in [-0.3, -0.25) is 0 Å². The number of halogens is 2. The summed E-state index contributed by atoms with van der Waals surface area (Å²) in [6, 6.07) is 8.36. The maximum atomic E-state index is 9.06. The Morgan fingerprint density at radius 3 is 2.61 bits per heavy atom. The lowest BCUT2D eigenvalue weighted by molar-refractivity contribution is 0.161. The molecule has 1 saturated heterocycles. The molecule has 1 N–H and O–H groups in total. The summed E-state index contributed by atoms with van der Waals surface area (Å²) in [5.74, 6) is 0.949. The number of piperidine rings is 1. The molecule has 1 fully saturated rings. The fourth-order valence-electron chi connectivity index (χ4n) is 3.17. The second-order valence-electron chi connectivity index (χ2n) is 6.02. The summed E-state index contributed by atoms with van der Waals surface area (Å²) >= 11 is 12.4. The molecule has 0 radical (unpaired) electrons. The van der Waals surface area contributed by atoms with Crippen LogP contribution in [-0.4, -0.2) is 54.3 Å². The van der Waals surface area contributed by atoms with E-state index in [0.29, 0.717) is 16.1 Å². The van der Waals surface area contributed by atoms with Gasteiger partial charge in [0.05, 0.1) is 22.2 Å². The molecule has 23 heavy (non-hydrogen) atoms. The van der Waals surface area contributed by atoms with Gasteiger partial charge in [0.1, 0.15) is 5.82 Å². The van der Waals surface area contributed by atoms with E-state index in [4.69, 9.17) is 33.3 Å². The van der Waals surface area contributed by atoms with Crippen molar-refractivity contribution in [3.8, 4) is 0 Å². The van der Waals surface area contributed by atoms with E-state index in [1.165, 1.54) is 0 Å². The lowest BCUT2D eigenvalue weighted by atomic mass is 10.0. The molecule has 3 rings (SSSR count). The number of aromatic nitrogens is 1. The summed E-state index contributed by atoms with van der Waals surface area (Å²) in [5.41, 5.74) is 0.760. The number of aliphatic hydroxyl groups is 1. The number of hydrogen-bond acceptors (Lipinski definition) is 4. The number of rotatable bonds is 4. The van der Waals surface area contributed by atoms with Crippen LogP contribution in [0.1, 0.15) is 12.8 Å². The van der Waals surface area contributed by atoms with Crippen LogP contribution in [-0.2, 0) is 0 Å². The minimum atomic E-state index is 0.211. The molecular weight excluding hydrogens is 333 g/mol. The first kappa shape index (κ1) is 16.8. The first-order chi connectivity index (χ1) is 11.1. The molecule has 0 saturated carbocycles. The summed E-state index contributed by atoms with van der Waals surface area (Å²) in [4.78, 5) is 9.25. The van der Waals surface area contributed by atoms with Gasteiger partial charge in [-0.05, 0) is 38.1 Å². The largest absolute Gasteiger partial charge is 0.395 e. The number of hydrogen-bond donors (Lipinski definition) is 1. The molecule has 0 unspecified atom stereocenters. The van der Waals surface area contributed by atoms with Crippen molar-refractivity contribution >= 4 is 39.9 Å². The number of aliphatic hydroxyl groups excluding tert-OH is 1. The van der Waals surface area contributed by atoms with E-state index in [9.17, 15) is 0 Å². The van der Waals surface area contributed by atoms with Crippen LogP contribution in [0.25, 0.3) is 10.9 Å². The SMILES string of the molecule is CN(CCO)C1CCN(c2ccc3ccc(Cl)c(Cl)c3n2)CC1. The molecular formula is C17H21Cl2N3O. The third-order valence-corrected chi connectivity index (χ3v) is 5.40. The Kier molecular flexibility index (Phi) is 5.27. The third-order valence-electron chi connectivity index (χ3n) is 4.60. The molecule has 0 atom stereocenters. The zero-order valence-corrected chi connectivity index (χ0v) is 14.7. The molecule has 4 nitrogen and oxygen atoms in total. The zero-order valence-electron chi connectivity index (χ0n) is 13.2. The molecule has 1 aromatic heterocycles. The van der Waals surface area contributed by atoms with Gasteiger partial charge in [0.2, 0.25) is 0 Å². The molecule has 0 spiro atoms. The van der Waals surface area contributed by atoms with Crippen LogP contribution >= 0.6 is 23.2 Å². The Morgan fingerprint density at radius 2 is 1.91 bits per heavy atom. The van der Waals surface area contributed by atoms with Gasteiger partial charge in [-0.2, -0.15) is 0 Å². The molecule has 6 heteroatoms. The van der Waals surface area contributed by atoms with Crippen molar-refractivity contribution in [1.82, 2.24) is 9.88 Å². The second kappa shape index (κ2) is 7.22. The van der Waals surface area contributed by atoms with E-state index in [1.807, 2.05) is 18.2 Å². The Balaban J connectivity index is 1.76. The highest BCUT2D eigenvalue weighted by molar-refractivity contribution is 6.45. The maximum Gasteiger partial charge on any atom is 0.129 e. The Morgan fingerprint density at radius 1 is 1.22 bits per heavy atom. The number of fused-ring (bicyclic) bond motifs is 1. The van der Waals surface area contributed by atoms with Crippen molar-refractivity contribution < 1.29 is 5.11 Å². The van der Waals surface area contributed by atoms with Gasteiger partial charge < -0.3 is 14.9 Å². The Labute approximate surface area is 146 Å². The van der Waals surface area contributed by atoms with E-state index < -0.39 is 0 Å². The van der Waals surface area contributed by atoms with Gasteiger partial charge in [0.15, 0.2) is 0 Å². The molecule has 2 heterocycles. The standard InChI is InChI=1S/C17H21Cl2N3O/c1-21(10-11-23)13-6-8-22(9-7-13)15-5-3-12-2-4-14(18)16(19)17(12)20-15/h2-5,13,23H,6-11H2,1H3. The lowest BCUT2D eigenvalue weighted by Gasteiger charge is -2.37. The molecule has 2 aromatic rings. The smallest absolute Gasteiger partial charge is 0.129 e. The van der Waals surface area contributed by atoms with Crippen LogP contribution in [0.2, 0.25) is 10.0 Å². The first-order valence-electron chi connectivity index (χ1n) is 7.91. The second-order valence-corrected chi connectivity index (χ2v) is 6.81.